The average Bonchev–Trinajstić information content (AvgIpc) is 3.04. The molecule has 3 aromatic rings. The van der Waals surface area contributed by atoms with Crippen LogP contribution < -0.4 is 10.9 Å². The highest BCUT2D eigenvalue weighted by atomic mass is 35.5. The Morgan fingerprint density at radius 1 is 1.34 bits per heavy atom. The van der Waals surface area contributed by atoms with E-state index in [4.69, 9.17) is 11.6 Å². The molecule has 8 heteroatoms. The minimum Gasteiger partial charge on any atom is -0.353 e. The molecule has 2 aromatic heterocycles. The number of benzene rings is 1. The van der Waals surface area contributed by atoms with Gasteiger partial charge in [0.2, 0.25) is 5.91 Å². The quantitative estimate of drug-likeness (QED) is 0.414. The summed E-state index contributed by atoms with van der Waals surface area (Å²) in [6, 6.07) is 9.23. The van der Waals surface area contributed by atoms with E-state index in [1.165, 1.54) is 11.8 Å². The van der Waals surface area contributed by atoms with Gasteiger partial charge in [0, 0.05) is 23.8 Å². The molecular weight excluding hydrogens is 408 g/mol. The number of halogens is 1. The molecule has 1 aromatic carbocycles. The molecule has 2 N–H and O–H groups in total. The number of fused-ring (bicyclic) bond motifs is 1. The zero-order valence-electron chi connectivity index (χ0n) is 16.8. The van der Waals surface area contributed by atoms with Gasteiger partial charge in [-0.1, -0.05) is 49.3 Å². The van der Waals surface area contributed by atoms with Crippen molar-refractivity contribution < 1.29 is 4.79 Å². The molecule has 0 aliphatic carbocycles. The molecule has 154 valence electrons. The number of thioether (sulfide) groups is 1. The maximum Gasteiger partial charge on any atom is 0.278 e. The maximum absolute atomic E-state index is 12.9. The third-order valence-electron chi connectivity index (χ3n) is 4.48. The second-order valence-corrected chi connectivity index (χ2v) is 8.82. The van der Waals surface area contributed by atoms with E-state index in [9.17, 15) is 9.59 Å². The minimum absolute atomic E-state index is 0.0921. The number of hydrogen-bond acceptors (Lipinski definition) is 4. The molecule has 29 heavy (non-hydrogen) atoms. The van der Waals surface area contributed by atoms with Crippen molar-refractivity contribution in [2.45, 2.75) is 45.4 Å². The van der Waals surface area contributed by atoms with Crippen LogP contribution in [0.4, 0.5) is 0 Å². The molecule has 1 amide bonds. The van der Waals surface area contributed by atoms with Crippen LogP contribution in [0.15, 0.2) is 40.3 Å². The lowest BCUT2D eigenvalue weighted by molar-refractivity contribution is -0.118. The van der Waals surface area contributed by atoms with Crippen LogP contribution in [0.5, 0.6) is 0 Å². The highest BCUT2D eigenvalue weighted by molar-refractivity contribution is 7.99. The normalized spacial score (nSPS) is 11.3. The molecule has 0 fully saturated rings. The van der Waals surface area contributed by atoms with Gasteiger partial charge in [0.15, 0.2) is 5.16 Å². The first-order valence-corrected chi connectivity index (χ1v) is 10.9. The molecule has 0 aliphatic heterocycles. The van der Waals surface area contributed by atoms with E-state index in [1.807, 2.05) is 31.2 Å². The first-order chi connectivity index (χ1) is 13.8. The Morgan fingerprint density at radius 2 is 2.14 bits per heavy atom. The number of aromatic amines is 1. The SMILES string of the molecule is Cc1cc2nc(SCC(=O)NCc3cccc(Cl)c3)n(CCC(C)C)c(=O)c2[nH]1. The van der Waals surface area contributed by atoms with Crippen molar-refractivity contribution in [2.75, 3.05) is 5.75 Å². The second kappa shape index (κ2) is 9.50. The first-order valence-electron chi connectivity index (χ1n) is 9.57. The highest BCUT2D eigenvalue weighted by Crippen LogP contribution is 2.19. The van der Waals surface area contributed by atoms with Gasteiger partial charge in [0.25, 0.3) is 5.56 Å². The van der Waals surface area contributed by atoms with Crippen LogP contribution >= 0.6 is 23.4 Å². The molecule has 0 saturated heterocycles. The van der Waals surface area contributed by atoms with Crippen LogP contribution in [0.25, 0.3) is 11.0 Å². The van der Waals surface area contributed by atoms with Gasteiger partial charge in [0.05, 0.1) is 11.3 Å². The lowest BCUT2D eigenvalue weighted by atomic mass is 10.1. The number of aromatic nitrogens is 3. The third-order valence-corrected chi connectivity index (χ3v) is 5.69. The number of carbonyl (C=O) groups excluding carboxylic acids is 1. The van der Waals surface area contributed by atoms with E-state index < -0.39 is 0 Å². The maximum atomic E-state index is 12.9. The Kier molecular flexibility index (Phi) is 7.03. The summed E-state index contributed by atoms with van der Waals surface area (Å²) in [6.45, 7) is 7.11. The van der Waals surface area contributed by atoms with Gasteiger partial charge in [0.1, 0.15) is 5.52 Å². The van der Waals surface area contributed by atoms with Crippen LogP contribution in [-0.2, 0) is 17.9 Å². The van der Waals surface area contributed by atoms with Crippen LogP contribution in [0.1, 0.15) is 31.5 Å². The fraction of sp³-hybridized carbons (Fsp3) is 0.381. The number of nitrogens with zero attached hydrogens (tertiary/aromatic N) is 2. The summed E-state index contributed by atoms with van der Waals surface area (Å²) in [7, 11) is 0. The monoisotopic (exact) mass is 432 g/mol. The molecule has 0 atom stereocenters. The van der Waals surface area contributed by atoms with E-state index in [-0.39, 0.29) is 17.2 Å². The summed E-state index contributed by atoms with van der Waals surface area (Å²) < 4.78 is 1.67. The van der Waals surface area contributed by atoms with E-state index in [0.717, 1.165) is 17.7 Å². The zero-order chi connectivity index (χ0) is 21.0. The molecule has 0 saturated carbocycles. The van der Waals surface area contributed by atoms with Crippen molar-refractivity contribution >= 4 is 40.3 Å². The molecule has 0 unspecified atom stereocenters. The predicted octanol–water partition coefficient (Wildman–Crippen LogP) is 4.14. The Bertz CT molecular complexity index is 1070. The summed E-state index contributed by atoms with van der Waals surface area (Å²) in [6.07, 6.45) is 0.862. The number of hydrogen-bond donors (Lipinski definition) is 2. The summed E-state index contributed by atoms with van der Waals surface area (Å²) >= 11 is 7.26. The van der Waals surface area contributed by atoms with Crippen molar-refractivity contribution in [3.05, 3.63) is 57.0 Å². The van der Waals surface area contributed by atoms with E-state index >= 15 is 0 Å². The fourth-order valence-corrected chi connectivity index (χ4v) is 4.00. The number of carbonyl (C=O) groups is 1. The van der Waals surface area contributed by atoms with Crippen LogP contribution in [0.3, 0.4) is 0 Å². The van der Waals surface area contributed by atoms with Crippen LogP contribution in [0.2, 0.25) is 5.02 Å². The largest absolute Gasteiger partial charge is 0.353 e. The van der Waals surface area contributed by atoms with Crippen molar-refractivity contribution in [3.63, 3.8) is 0 Å². The predicted molar refractivity (Wildman–Crippen MR) is 119 cm³/mol. The van der Waals surface area contributed by atoms with Crippen molar-refractivity contribution in [3.8, 4) is 0 Å². The second-order valence-electron chi connectivity index (χ2n) is 7.44. The zero-order valence-corrected chi connectivity index (χ0v) is 18.4. The van der Waals surface area contributed by atoms with Crippen molar-refractivity contribution in [2.24, 2.45) is 5.92 Å². The van der Waals surface area contributed by atoms with Gasteiger partial charge in [-0.15, -0.1) is 0 Å². The first kappa shape index (κ1) is 21.5. The molecule has 6 nitrogen and oxygen atoms in total. The van der Waals surface area contributed by atoms with E-state index in [2.05, 4.69) is 29.1 Å². The number of aryl methyl sites for hydroxylation is 1. The standard InChI is InChI=1S/C21H25ClN4O2S/c1-13(2)7-8-26-20(28)19-17(9-14(3)24-19)25-21(26)29-12-18(27)23-11-15-5-4-6-16(22)10-15/h4-6,9-10,13,24H,7-8,11-12H2,1-3H3,(H,23,27). The van der Waals surface area contributed by atoms with E-state index in [1.54, 1.807) is 10.6 Å². The number of amides is 1. The molecule has 0 aliphatic rings. The van der Waals surface area contributed by atoms with Crippen LogP contribution in [-0.4, -0.2) is 26.2 Å². The Hall–Kier alpha value is -2.25. The Labute approximate surface area is 179 Å². The Balaban J connectivity index is 1.72. The topological polar surface area (TPSA) is 79.8 Å². The molecule has 3 rings (SSSR count). The number of rotatable bonds is 8. The van der Waals surface area contributed by atoms with Gasteiger partial charge >= 0.3 is 0 Å². The average molecular weight is 433 g/mol. The highest BCUT2D eigenvalue weighted by Gasteiger charge is 2.15. The van der Waals surface area contributed by atoms with Gasteiger partial charge in [-0.05, 0) is 43.0 Å². The number of nitrogens with one attached hydrogen (secondary N) is 2. The van der Waals surface area contributed by atoms with Crippen molar-refractivity contribution in [1.82, 2.24) is 19.9 Å². The van der Waals surface area contributed by atoms with Crippen LogP contribution in [0, 0.1) is 12.8 Å². The van der Waals surface area contributed by atoms with E-state index in [0.29, 0.717) is 40.2 Å². The molecule has 2 heterocycles. The van der Waals surface area contributed by atoms with Gasteiger partial charge in [-0.2, -0.15) is 0 Å². The smallest absolute Gasteiger partial charge is 0.278 e. The summed E-state index contributed by atoms with van der Waals surface area (Å²) in [5, 5.41) is 4.09. The van der Waals surface area contributed by atoms with Crippen molar-refractivity contribution in [1.29, 1.82) is 0 Å². The van der Waals surface area contributed by atoms with Gasteiger partial charge in [-0.3, -0.25) is 14.2 Å². The summed E-state index contributed by atoms with van der Waals surface area (Å²) in [5.41, 5.74) is 2.88. The minimum atomic E-state index is -0.120. The lowest BCUT2D eigenvalue weighted by Crippen LogP contribution is -2.27. The fourth-order valence-electron chi connectivity index (χ4n) is 2.93. The van der Waals surface area contributed by atoms with Gasteiger partial charge < -0.3 is 10.3 Å². The molecule has 0 radical (unpaired) electrons. The summed E-state index contributed by atoms with van der Waals surface area (Å²) in [4.78, 5) is 33.0. The molecular formula is C21H25ClN4O2S. The Morgan fingerprint density at radius 3 is 2.86 bits per heavy atom. The number of H-pyrrole nitrogens is 1. The van der Waals surface area contributed by atoms with Gasteiger partial charge in [-0.25, -0.2) is 4.98 Å². The lowest BCUT2D eigenvalue weighted by Gasteiger charge is -2.13. The summed E-state index contributed by atoms with van der Waals surface area (Å²) in [5.74, 6) is 0.524. The molecule has 0 bridgehead atoms. The molecule has 0 spiro atoms. The third kappa shape index (κ3) is 5.64.